The van der Waals surface area contributed by atoms with Gasteiger partial charge in [-0.25, -0.2) is 18.7 Å². The highest BCUT2D eigenvalue weighted by molar-refractivity contribution is 6.30. The number of aromatic nitrogens is 4. The summed E-state index contributed by atoms with van der Waals surface area (Å²) >= 11 is 5.95. The smallest absolute Gasteiger partial charge is 0.286 e. The molecule has 4 rings (SSSR count). The molecule has 0 aliphatic rings. The van der Waals surface area contributed by atoms with Crippen molar-refractivity contribution in [1.29, 1.82) is 0 Å². The Morgan fingerprint density at radius 1 is 1.11 bits per heavy atom. The quantitative estimate of drug-likeness (QED) is 0.523. The van der Waals surface area contributed by atoms with Crippen molar-refractivity contribution in [3.05, 3.63) is 86.7 Å². The number of imidazole rings is 1. The molecule has 142 valence electrons. The summed E-state index contributed by atoms with van der Waals surface area (Å²) in [5, 5.41) is 0.501. The first-order valence-corrected chi connectivity index (χ1v) is 8.87. The zero-order chi connectivity index (χ0) is 20.0. The summed E-state index contributed by atoms with van der Waals surface area (Å²) in [6.07, 6.45) is 1.28. The molecule has 0 fully saturated rings. The van der Waals surface area contributed by atoms with E-state index in [0.717, 1.165) is 0 Å². The number of hydrogen-bond acceptors (Lipinski definition) is 3. The highest BCUT2D eigenvalue weighted by atomic mass is 35.5. The van der Waals surface area contributed by atoms with Crippen molar-refractivity contribution in [2.45, 2.75) is 13.3 Å². The van der Waals surface area contributed by atoms with Crippen LogP contribution in [-0.2, 0) is 13.5 Å². The summed E-state index contributed by atoms with van der Waals surface area (Å²) in [7, 11) is 1.70. The topological polar surface area (TPSA) is 52.7 Å². The number of halogens is 3. The maximum atomic E-state index is 14.6. The molecule has 2 heterocycles. The molecule has 4 aromatic rings. The molecular formula is C20H15ClF2N4O. The van der Waals surface area contributed by atoms with Gasteiger partial charge in [0.15, 0.2) is 11.2 Å². The molecule has 28 heavy (non-hydrogen) atoms. The van der Waals surface area contributed by atoms with Gasteiger partial charge in [-0.05, 0) is 42.8 Å². The predicted octanol–water partition coefficient (Wildman–Crippen LogP) is 3.95. The molecule has 2 aromatic heterocycles. The minimum Gasteiger partial charge on any atom is -0.318 e. The second kappa shape index (κ2) is 6.83. The first-order valence-electron chi connectivity index (χ1n) is 8.49. The molecule has 0 bridgehead atoms. The highest BCUT2D eigenvalue weighted by Crippen LogP contribution is 2.22. The van der Waals surface area contributed by atoms with Crippen molar-refractivity contribution >= 4 is 22.8 Å². The van der Waals surface area contributed by atoms with E-state index >= 15 is 0 Å². The van der Waals surface area contributed by atoms with Crippen molar-refractivity contribution in [2.75, 3.05) is 0 Å². The van der Waals surface area contributed by atoms with E-state index in [1.165, 1.54) is 23.0 Å². The number of nitrogens with zero attached hydrogens (tertiary/aromatic N) is 4. The zero-order valence-electron chi connectivity index (χ0n) is 15.1. The Morgan fingerprint density at radius 3 is 2.54 bits per heavy atom. The van der Waals surface area contributed by atoms with Gasteiger partial charge in [0.25, 0.3) is 5.56 Å². The van der Waals surface area contributed by atoms with Gasteiger partial charge in [0.1, 0.15) is 17.5 Å². The van der Waals surface area contributed by atoms with Crippen LogP contribution in [0.1, 0.15) is 17.0 Å². The van der Waals surface area contributed by atoms with E-state index in [1.807, 2.05) is 0 Å². The first-order chi connectivity index (χ1) is 13.4. The van der Waals surface area contributed by atoms with Gasteiger partial charge in [0.2, 0.25) is 0 Å². The average Bonchev–Trinajstić information content (AvgIpc) is 3.04. The molecule has 0 saturated carbocycles. The van der Waals surface area contributed by atoms with Crippen LogP contribution in [0, 0.1) is 18.6 Å². The van der Waals surface area contributed by atoms with Gasteiger partial charge < -0.3 is 4.57 Å². The summed E-state index contributed by atoms with van der Waals surface area (Å²) in [6, 6.07) is 9.13. The Labute approximate surface area is 163 Å². The number of hydrogen-bond donors (Lipinski definition) is 0. The fraction of sp³-hybridized carbons (Fsp3) is 0.150. The highest BCUT2D eigenvalue weighted by Gasteiger charge is 2.20. The molecule has 0 unspecified atom stereocenters. The van der Waals surface area contributed by atoms with Gasteiger partial charge in [-0.1, -0.05) is 17.7 Å². The Morgan fingerprint density at radius 2 is 1.82 bits per heavy atom. The van der Waals surface area contributed by atoms with Crippen LogP contribution in [0.25, 0.3) is 16.9 Å². The predicted molar refractivity (Wildman–Crippen MR) is 103 cm³/mol. The third-order valence-corrected chi connectivity index (χ3v) is 4.86. The summed E-state index contributed by atoms with van der Waals surface area (Å²) in [4.78, 5) is 21.7. The van der Waals surface area contributed by atoms with Crippen LogP contribution in [0.3, 0.4) is 0 Å². The van der Waals surface area contributed by atoms with Crippen LogP contribution < -0.4 is 5.56 Å². The number of rotatable bonds is 3. The monoisotopic (exact) mass is 400 g/mol. The van der Waals surface area contributed by atoms with Crippen molar-refractivity contribution in [2.24, 2.45) is 7.05 Å². The Bertz CT molecular complexity index is 1260. The SMILES string of the molecule is Cc1ccc(F)c(Cc2nc3c(ncn3C)c(=O)n2-c2ccc(Cl)cc2)c1F. The van der Waals surface area contributed by atoms with E-state index in [0.29, 0.717) is 21.9 Å². The number of fused-ring (bicyclic) bond motifs is 1. The van der Waals surface area contributed by atoms with E-state index in [1.54, 1.807) is 42.8 Å². The van der Waals surface area contributed by atoms with Crippen LogP contribution in [-0.4, -0.2) is 19.1 Å². The lowest BCUT2D eigenvalue weighted by molar-refractivity contribution is 0.552. The van der Waals surface area contributed by atoms with E-state index in [9.17, 15) is 13.6 Å². The van der Waals surface area contributed by atoms with Crippen molar-refractivity contribution in [3.63, 3.8) is 0 Å². The minimum absolute atomic E-state index is 0.142. The summed E-state index contributed by atoms with van der Waals surface area (Å²) in [5.74, 6) is -1.14. The molecule has 0 amide bonds. The van der Waals surface area contributed by atoms with Crippen molar-refractivity contribution in [1.82, 2.24) is 19.1 Å². The number of benzene rings is 2. The average molecular weight is 401 g/mol. The molecule has 0 aliphatic heterocycles. The van der Waals surface area contributed by atoms with Crippen LogP contribution in [0.4, 0.5) is 8.78 Å². The maximum Gasteiger partial charge on any atom is 0.286 e. The standard InChI is InChI=1S/C20H15ClF2N4O/c1-11-3-8-15(22)14(17(11)23)9-16-25-19-18(24-10-26(19)2)20(28)27(16)13-6-4-12(21)5-7-13/h3-8,10H,9H2,1-2H3. The lowest BCUT2D eigenvalue weighted by Gasteiger charge is -2.14. The molecule has 0 radical (unpaired) electrons. The second-order valence-electron chi connectivity index (χ2n) is 6.51. The lowest BCUT2D eigenvalue weighted by Crippen LogP contribution is -2.25. The molecule has 0 aliphatic carbocycles. The second-order valence-corrected chi connectivity index (χ2v) is 6.94. The first kappa shape index (κ1) is 18.3. The third kappa shape index (κ3) is 2.97. The van der Waals surface area contributed by atoms with Gasteiger partial charge in [-0.3, -0.25) is 9.36 Å². The van der Waals surface area contributed by atoms with Gasteiger partial charge >= 0.3 is 0 Å². The van der Waals surface area contributed by atoms with Gasteiger partial charge in [-0.2, -0.15) is 0 Å². The Kier molecular flexibility index (Phi) is 4.47. The molecule has 0 N–H and O–H groups in total. The molecule has 8 heteroatoms. The molecule has 0 spiro atoms. The Balaban J connectivity index is 2.00. The van der Waals surface area contributed by atoms with Crippen LogP contribution in [0.15, 0.2) is 47.5 Å². The minimum atomic E-state index is -0.690. The Hall–Kier alpha value is -3.06. The van der Waals surface area contributed by atoms with Crippen molar-refractivity contribution < 1.29 is 8.78 Å². The van der Waals surface area contributed by atoms with E-state index < -0.39 is 17.2 Å². The fourth-order valence-corrected chi connectivity index (χ4v) is 3.24. The molecular weight excluding hydrogens is 386 g/mol. The maximum absolute atomic E-state index is 14.6. The molecule has 2 aromatic carbocycles. The third-order valence-electron chi connectivity index (χ3n) is 4.60. The van der Waals surface area contributed by atoms with Gasteiger partial charge in [0, 0.05) is 24.1 Å². The van der Waals surface area contributed by atoms with E-state index in [4.69, 9.17) is 11.6 Å². The molecule has 0 atom stereocenters. The summed E-state index contributed by atoms with van der Waals surface area (Å²) in [5.41, 5.74) is 0.758. The van der Waals surface area contributed by atoms with Crippen LogP contribution in [0.2, 0.25) is 5.02 Å². The number of aryl methyl sites for hydroxylation is 2. The molecule has 5 nitrogen and oxygen atoms in total. The zero-order valence-corrected chi connectivity index (χ0v) is 15.8. The van der Waals surface area contributed by atoms with Crippen LogP contribution in [0.5, 0.6) is 0 Å². The van der Waals surface area contributed by atoms with E-state index in [2.05, 4.69) is 9.97 Å². The van der Waals surface area contributed by atoms with Gasteiger partial charge in [-0.15, -0.1) is 0 Å². The molecule has 0 saturated heterocycles. The van der Waals surface area contributed by atoms with E-state index in [-0.39, 0.29) is 23.3 Å². The summed E-state index contributed by atoms with van der Waals surface area (Å²) in [6.45, 7) is 1.56. The lowest BCUT2D eigenvalue weighted by atomic mass is 10.1. The largest absolute Gasteiger partial charge is 0.318 e. The van der Waals surface area contributed by atoms with Crippen molar-refractivity contribution in [3.8, 4) is 5.69 Å². The van der Waals surface area contributed by atoms with Gasteiger partial charge in [0.05, 0.1) is 12.0 Å². The summed E-state index contributed by atoms with van der Waals surface area (Å²) < 4.78 is 31.8. The van der Waals surface area contributed by atoms with Crippen LogP contribution >= 0.6 is 11.6 Å². The fourth-order valence-electron chi connectivity index (χ4n) is 3.11. The normalized spacial score (nSPS) is 11.3.